The van der Waals surface area contributed by atoms with Crippen molar-refractivity contribution in [2.45, 2.75) is 25.7 Å². The summed E-state index contributed by atoms with van der Waals surface area (Å²) >= 11 is 0. The fourth-order valence-electron chi connectivity index (χ4n) is 4.72. The molecule has 1 unspecified atom stereocenters. The molecule has 1 aromatic heterocycles. The summed E-state index contributed by atoms with van der Waals surface area (Å²) in [5, 5.41) is 6.99. The average Bonchev–Trinajstić information content (AvgIpc) is 3.42. The molecule has 2 saturated heterocycles. The molecule has 30 heavy (non-hydrogen) atoms. The summed E-state index contributed by atoms with van der Waals surface area (Å²) in [5.74, 6) is 0.887. The predicted octanol–water partition coefficient (Wildman–Crippen LogP) is 2.19. The molecular weight excluding hydrogens is 380 g/mol. The van der Waals surface area contributed by atoms with Crippen molar-refractivity contribution in [3.63, 3.8) is 0 Å². The Bertz CT molecular complexity index is 889. The first kappa shape index (κ1) is 20.6. The van der Waals surface area contributed by atoms with Crippen molar-refractivity contribution < 1.29 is 14.1 Å². The second-order valence-corrected chi connectivity index (χ2v) is 8.67. The number of piperidine rings is 1. The SMILES string of the molecule is CNC(=O)C1(Cc2cc(-c3ccccc3)no2)CCN(C(=O)C2CCN(C)CC2)C1. The molecule has 0 radical (unpaired) electrons. The van der Waals surface area contributed by atoms with E-state index in [-0.39, 0.29) is 17.7 Å². The largest absolute Gasteiger partial charge is 0.361 e. The van der Waals surface area contributed by atoms with Crippen LogP contribution in [0.3, 0.4) is 0 Å². The molecule has 1 N–H and O–H groups in total. The van der Waals surface area contributed by atoms with E-state index in [1.54, 1.807) is 7.05 Å². The van der Waals surface area contributed by atoms with Gasteiger partial charge in [-0.25, -0.2) is 0 Å². The summed E-state index contributed by atoms with van der Waals surface area (Å²) in [7, 11) is 3.75. The molecule has 0 spiro atoms. The number of carbonyl (C=O) groups is 2. The summed E-state index contributed by atoms with van der Waals surface area (Å²) in [5.41, 5.74) is 1.06. The van der Waals surface area contributed by atoms with Crippen LogP contribution in [0.15, 0.2) is 40.9 Å². The molecular formula is C23H30N4O3. The third-order valence-electron chi connectivity index (χ3n) is 6.58. The normalized spacial score (nSPS) is 22.9. The molecule has 7 heteroatoms. The van der Waals surface area contributed by atoms with Crippen molar-refractivity contribution >= 4 is 11.8 Å². The van der Waals surface area contributed by atoms with Crippen LogP contribution < -0.4 is 5.32 Å². The number of nitrogens with one attached hydrogen (secondary N) is 1. The molecule has 0 bridgehead atoms. The average molecular weight is 411 g/mol. The van der Waals surface area contributed by atoms with Crippen LogP contribution in [0, 0.1) is 11.3 Å². The highest BCUT2D eigenvalue weighted by molar-refractivity contribution is 5.86. The van der Waals surface area contributed by atoms with Crippen molar-refractivity contribution in [2.75, 3.05) is 40.3 Å². The zero-order chi connectivity index (χ0) is 21.1. The third-order valence-corrected chi connectivity index (χ3v) is 6.58. The molecule has 2 aliphatic rings. The second-order valence-electron chi connectivity index (χ2n) is 8.67. The van der Waals surface area contributed by atoms with Crippen LogP contribution in [0.5, 0.6) is 0 Å². The van der Waals surface area contributed by atoms with Crippen LogP contribution in [-0.2, 0) is 16.0 Å². The van der Waals surface area contributed by atoms with Crippen LogP contribution in [0.4, 0.5) is 0 Å². The minimum Gasteiger partial charge on any atom is -0.361 e. The van der Waals surface area contributed by atoms with Gasteiger partial charge in [0.1, 0.15) is 11.5 Å². The van der Waals surface area contributed by atoms with Gasteiger partial charge in [-0.15, -0.1) is 0 Å². The minimum atomic E-state index is -0.677. The topological polar surface area (TPSA) is 78.7 Å². The van der Waals surface area contributed by atoms with Gasteiger partial charge < -0.3 is 19.6 Å². The number of carbonyl (C=O) groups excluding carboxylic acids is 2. The van der Waals surface area contributed by atoms with E-state index in [9.17, 15) is 9.59 Å². The molecule has 2 aromatic rings. The monoisotopic (exact) mass is 410 g/mol. The third kappa shape index (κ3) is 4.12. The number of hydrogen-bond acceptors (Lipinski definition) is 5. The number of nitrogens with zero attached hydrogens (tertiary/aromatic N) is 3. The van der Waals surface area contributed by atoms with E-state index in [0.29, 0.717) is 31.7 Å². The highest BCUT2D eigenvalue weighted by Crippen LogP contribution is 2.37. The van der Waals surface area contributed by atoms with Crippen LogP contribution in [-0.4, -0.2) is 67.0 Å². The Labute approximate surface area is 177 Å². The molecule has 4 rings (SSSR count). The molecule has 7 nitrogen and oxygen atoms in total. The van der Waals surface area contributed by atoms with Gasteiger partial charge in [-0.3, -0.25) is 9.59 Å². The fourth-order valence-corrected chi connectivity index (χ4v) is 4.72. The van der Waals surface area contributed by atoms with Gasteiger partial charge in [-0.2, -0.15) is 0 Å². The zero-order valence-corrected chi connectivity index (χ0v) is 17.8. The Balaban J connectivity index is 1.48. The van der Waals surface area contributed by atoms with E-state index in [1.807, 2.05) is 41.3 Å². The van der Waals surface area contributed by atoms with Gasteiger partial charge in [0, 0.05) is 44.1 Å². The highest BCUT2D eigenvalue weighted by Gasteiger charge is 2.47. The number of amides is 2. The van der Waals surface area contributed by atoms with Crippen molar-refractivity contribution in [3.05, 3.63) is 42.2 Å². The molecule has 2 aliphatic heterocycles. The number of rotatable bonds is 5. The Morgan fingerprint density at radius 2 is 1.93 bits per heavy atom. The summed E-state index contributed by atoms with van der Waals surface area (Å²) in [6.45, 7) is 2.94. The smallest absolute Gasteiger partial charge is 0.228 e. The van der Waals surface area contributed by atoms with E-state index in [2.05, 4.69) is 22.4 Å². The van der Waals surface area contributed by atoms with Crippen LogP contribution in [0.1, 0.15) is 25.0 Å². The first-order valence-corrected chi connectivity index (χ1v) is 10.7. The van der Waals surface area contributed by atoms with Gasteiger partial charge in [0.2, 0.25) is 11.8 Å². The zero-order valence-electron chi connectivity index (χ0n) is 17.8. The maximum absolute atomic E-state index is 13.1. The van der Waals surface area contributed by atoms with Gasteiger partial charge >= 0.3 is 0 Å². The number of hydrogen-bond donors (Lipinski definition) is 1. The van der Waals surface area contributed by atoms with Crippen molar-refractivity contribution in [3.8, 4) is 11.3 Å². The molecule has 0 saturated carbocycles. The van der Waals surface area contributed by atoms with Gasteiger partial charge in [0.15, 0.2) is 0 Å². The lowest BCUT2D eigenvalue weighted by Crippen LogP contribution is -2.46. The van der Waals surface area contributed by atoms with Gasteiger partial charge in [-0.05, 0) is 39.4 Å². The summed E-state index contributed by atoms with van der Waals surface area (Å²) in [4.78, 5) is 30.1. The molecule has 2 amide bonds. The molecule has 1 atom stereocenters. The van der Waals surface area contributed by atoms with Crippen molar-refractivity contribution in [2.24, 2.45) is 11.3 Å². The maximum Gasteiger partial charge on any atom is 0.228 e. The molecule has 3 heterocycles. The Morgan fingerprint density at radius 1 is 1.20 bits per heavy atom. The van der Waals surface area contributed by atoms with E-state index >= 15 is 0 Å². The van der Waals surface area contributed by atoms with Crippen LogP contribution in [0.2, 0.25) is 0 Å². The molecule has 160 valence electrons. The molecule has 1 aromatic carbocycles. The minimum absolute atomic E-state index is 0.0427. The van der Waals surface area contributed by atoms with Gasteiger partial charge in [0.05, 0.1) is 5.41 Å². The van der Waals surface area contributed by atoms with E-state index in [4.69, 9.17) is 4.52 Å². The standard InChI is InChI=1S/C23H30N4O3/c1-24-22(29)23(15-19-14-20(25-30-19)17-6-4-3-5-7-17)10-13-27(16-23)21(28)18-8-11-26(2)12-9-18/h3-7,14,18H,8-13,15-16H2,1-2H3,(H,24,29). The quantitative estimate of drug-likeness (QED) is 0.818. The van der Waals surface area contributed by atoms with E-state index in [0.717, 1.165) is 37.2 Å². The van der Waals surface area contributed by atoms with Gasteiger partial charge in [-0.1, -0.05) is 35.5 Å². The van der Waals surface area contributed by atoms with Crippen molar-refractivity contribution in [1.82, 2.24) is 20.3 Å². The summed E-state index contributed by atoms with van der Waals surface area (Å²) in [6.07, 6.45) is 2.85. The van der Waals surface area contributed by atoms with Gasteiger partial charge in [0.25, 0.3) is 0 Å². The van der Waals surface area contributed by atoms with Crippen LogP contribution in [0.25, 0.3) is 11.3 Å². The Morgan fingerprint density at radius 3 is 2.63 bits per heavy atom. The van der Waals surface area contributed by atoms with Crippen LogP contribution >= 0.6 is 0 Å². The first-order chi connectivity index (χ1) is 14.5. The first-order valence-electron chi connectivity index (χ1n) is 10.7. The summed E-state index contributed by atoms with van der Waals surface area (Å²) in [6, 6.07) is 11.7. The number of aromatic nitrogens is 1. The summed E-state index contributed by atoms with van der Waals surface area (Å²) < 4.78 is 5.59. The van der Waals surface area contributed by atoms with E-state index < -0.39 is 5.41 Å². The maximum atomic E-state index is 13.1. The number of benzene rings is 1. The van der Waals surface area contributed by atoms with Crippen molar-refractivity contribution in [1.29, 1.82) is 0 Å². The predicted molar refractivity (Wildman–Crippen MR) is 114 cm³/mol. The lowest BCUT2D eigenvalue weighted by molar-refractivity contribution is -0.137. The molecule has 2 fully saturated rings. The van der Waals surface area contributed by atoms with E-state index in [1.165, 1.54) is 0 Å². The highest BCUT2D eigenvalue weighted by atomic mass is 16.5. The fraction of sp³-hybridized carbons (Fsp3) is 0.522. The lowest BCUT2D eigenvalue weighted by Gasteiger charge is -2.32. The Hall–Kier alpha value is -2.67. The Kier molecular flexibility index (Phi) is 5.90. The number of likely N-dealkylation sites (tertiary alicyclic amines) is 2. The lowest BCUT2D eigenvalue weighted by atomic mass is 9.81. The molecule has 0 aliphatic carbocycles. The second kappa shape index (κ2) is 8.60.